The molecule has 3 rings (SSSR count). The van der Waals surface area contributed by atoms with E-state index in [1.807, 2.05) is 36.4 Å². The first-order valence-electron chi connectivity index (χ1n) is 9.50. The quantitative estimate of drug-likeness (QED) is 0.611. The van der Waals surface area contributed by atoms with Gasteiger partial charge >= 0.3 is 0 Å². The van der Waals surface area contributed by atoms with Gasteiger partial charge in [-0.05, 0) is 43.7 Å². The van der Waals surface area contributed by atoms with Gasteiger partial charge in [0.2, 0.25) is 5.91 Å². The van der Waals surface area contributed by atoms with Crippen molar-refractivity contribution >= 4 is 17.4 Å². The average molecular weight is 382 g/mol. The van der Waals surface area contributed by atoms with Crippen molar-refractivity contribution in [2.45, 2.75) is 33.2 Å². The highest BCUT2D eigenvalue weighted by Crippen LogP contribution is 2.14. The predicted octanol–water partition coefficient (Wildman–Crippen LogP) is 2.23. The summed E-state index contributed by atoms with van der Waals surface area (Å²) in [6.07, 6.45) is 0.793. The molecule has 1 amide bonds. The lowest BCUT2D eigenvalue weighted by Gasteiger charge is -2.19. The van der Waals surface area contributed by atoms with Gasteiger partial charge in [-0.25, -0.2) is 0 Å². The molecule has 1 N–H and O–H groups in total. The molecule has 0 aliphatic rings. The number of hydrogen-bond donors (Lipinski definition) is 1. The first-order valence-corrected chi connectivity index (χ1v) is 9.50. The van der Waals surface area contributed by atoms with Crippen molar-refractivity contribution in [1.82, 2.24) is 25.1 Å². The summed E-state index contributed by atoms with van der Waals surface area (Å²) in [7, 11) is 1.63. The molecule has 0 fully saturated rings. The van der Waals surface area contributed by atoms with E-state index in [1.54, 1.807) is 11.6 Å². The minimum atomic E-state index is -0.0422. The number of aryl methyl sites for hydroxylation is 1. The van der Waals surface area contributed by atoms with Crippen LogP contribution in [0.2, 0.25) is 0 Å². The summed E-state index contributed by atoms with van der Waals surface area (Å²) in [4.78, 5) is 14.4. The molecule has 0 atom stereocenters. The molecule has 0 spiro atoms. The Hall–Kier alpha value is -3.16. The van der Waals surface area contributed by atoms with E-state index in [9.17, 15) is 4.79 Å². The van der Waals surface area contributed by atoms with Crippen LogP contribution in [0, 0.1) is 0 Å². The summed E-state index contributed by atoms with van der Waals surface area (Å²) in [6, 6.07) is 11.5. The van der Waals surface area contributed by atoms with Crippen molar-refractivity contribution < 1.29 is 9.53 Å². The Morgan fingerprint density at radius 1 is 1.18 bits per heavy atom. The summed E-state index contributed by atoms with van der Waals surface area (Å²) in [5.74, 6) is 2.29. The van der Waals surface area contributed by atoms with Gasteiger partial charge < -0.3 is 15.0 Å². The van der Waals surface area contributed by atoms with E-state index in [0.717, 1.165) is 30.2 Å². The Labute approximate surface area is 164 Å². The second-order valence-corrected chi connectivity index (χ2v) is 6.38. The molecule has 0 aliphatic carbocycles. The van der Waals surface area contributed by atoms with E-state index in [1.165, 1.54) is 0 Å². The highest BCUT2D eigenvalue weighted by molar-refractivity contribution is 5.76. The third-order valence-corrected chi connectivity index (χ3v) is 4.60. The number of carbonyl (C=O) groups is 1. The summed E-state index contributed by atoms with van der Waals surface area (Å²) in [5, 5.41) is 15.9. The zero-order valence-electron chi connectivity index (χ0n) is 16.6. The van der Waals surface area contributed by atoms with Crippen LogP contribution in [0.3, 0.4) is 0 Å². The number of nitrogens with zero attached hydrogens (tertiary/aromatic N) is 5. The number of carbonyl (C=O) groups excluding carboxylic acids is 1. The maximum absolute atomic E-state index is 12.2. The number of fused-ring (bicyclic) bond motifs is 1. The average Bonchev–Trinajstić information content (AvgIpc) is 3.14. The number of amides is 1. The second-order valence-electron chi connectivity index (χ2n) is 6.38. The minimum Gasteiger partial charge on any atom is -0.497 e. The maximum atomic E-state index is 12.2. The molecular weight excluding hydrogens is 356 g/mol. The van der Waals surface area contributed by atoms with Gasteiger partial charge in [-0.3, -0.25) is 4.79 Å². The molecule has 0 bridgehead atoms. The standard InChI is InChI=1S/C20H26N6O2/c1-4-25(5-2)19-10-9-17-22-23-18(26(17)24-19)11-12-20(27)21-14-15-7-6-8-16(13-15)28-3/h6-10,13H,4-5,11-12,14H2,1-3H3,(H,21,27). The molecule has 28 heavy (non-hydrogen) atoms. The van der Waals surface area contributed by atoms with Gasteiger partial charge in [0.15, 0.2) is 11.5 Å². The lowest BCUT2D eigenvalue weighted by Crippen LogP contribution is -2.24. The van der Waals surface area contributed by atoms with Gasteiger partial charge in [0.25, 0.3) is 0 Å². The number of nitrogens with one attached hydrogen (secondary N) is 1. The number of methoxy groups -OCH3 is 1. The van der Waals surface area contributed by atoms with Gasteiger partial charge in [0.05, 0.1) is 7.11 Å². The van der Waals surface area contributed by atoms with E-state index in [0.29, 0.717) is 30.9 Å². The smallest absolute Gasteiger partial charge is 0.220 e. The number of anilines is 1. The molecule has 1 aromatic carbocycles. The zero-order valence-corrected chi connectivity index (χ0v) is 16.6. The summed E-state index contributed by atoms with van der Waals surface area (Å²) >= 11 is 0. The third kappa shape index (κ3) is 4.57. The van der Waals surface area contributed by atoms with E-state index in [-0.39, 0.29) is 5.91 Å². The van der Waals surface area contributed by atoms with Crippen LogP contribution in [-0.4, -0.2) is 45.9 Å². The topological polar surface area (TPSA) is 84.7 Å². The Morgan fingerprint density at radius 3 is 2.75 bits per heavy atom. The molecular formula is C20H26N6O2. The van der Waals surface area contributed by atoms with E-state index < -0.39 is 0 Å². The van der Waals surface area contributed by atoms with Crippen LogP contribution in [0.1, 0.15) is 31.7 Å². The molecule has 0 saturated heterocycles. The van der Waals surface area contributed by atoms with E-state index in [4.69, 9.17) is 4.74 Å². The Balaban J connectivity index is 1.61. The fourth-order valence-corrected chi connectivity index (χ4v) is 2.99. The van der Waals surface area contributed by atoms with Crippen molar-refractivity contribution in [3.63, 3.8) is 0 Å². The van der Waals surface area contributed by atoms with Gasteiger partial charge in [-0.15, -0.1) is 15.3 Å². The normalized spacial score (nSPS) is 10.8. The second kappa shape index (κ2) is 9.16. The monoisotopic (exact) mass is 382 g/mol. The van der Waals surface area contributed by atoms with Gasteiger partial charge in [0, 0.05) is 32.5 Å². The first kappa shape index (κ1) is 19.6. The van der Waals surface area contributed by atoms with Crippen LogP contribution in [0.5, 0.6) is 5.75 Å². The molecule has 8 heteroatoms. The zero-order chi connectivity index (χ0) is 19.9. The molecule has 0 unspecified atom stereocenters. The number of ether oxygens (including phenoxy) is 1. The molecule has 0 saturated carbocycles. The Kier molecular flexibility index (Phi) is 6.41. The summed E-state index contributed by atoms with van der Waals surface area (Å²) < 4.78 is 6.93. The number of rotatable bonds is 9. The van der Waals surface area contributed by atoms with E-state index >= 15 is 0 Å². The number of benzene rings is 1. The number of aromatic nitrogens is 4. The van der Waals surface area contributed by atoms with Crippen LogP contribution < -0.4 is 15.0 Å². The molecule has 0 radical (unpaired) electrons. The first-order chi connectivity index (χ1) is 13.6. The predicted molar refractivity (Wildman–Crippen MR) is 108 cm³/mol. The number of hydrogen-bond acceptors (Lipinski definition) is 6. The van der Waals surface area contributed by atoms with Gasteiger partial charge in [-0.2, -0.15) is 4.52 Å². The van der Waals surface area contributed by atoms with Gasteiger partial charge in [0.1, 0.15) is 11.6 Å². The Bertz CT molecular complexity index is 935. The van der Waals surface area contributed by atoms with Crippen LogP contribution in [0.25, 0.3) is 5.65 Å². The van der Waals surface area contributed by atoms with E-state index in [2.05, 4.69) is 39.4 Å². The van der Waals surface area contributed by atoms with Crippen molar-refractivity contribution in [2.24, 2.45) is 0 Å². The SMILES string of the molecule is CCN(CC)c1ccc2nnc(CCC(=O)NCc3cccc(OC)c3)n2n1. The molecule has 2 aromatic heterocycles. The molecule has 0 aliphatic heterocycles. The van der Waals surface area contributed by atoms with Gasteiger partial charge in [-0.1, -0.05) is 12.1 Å². The highest BCUT2D eigenvalue weighted by Gasteiger charge is 2.12. The highest BCUT2D eigenvalue weighted by atomic mass is 16.5. The largest absolute Gasteiger partial charge is 0.497 e. The molecule has 2 heterocycles. The third-order valence-electron chi connectivity index (χ3n) is 4.60. The van der Waals surface area contributed by atoms with Crippen LogP contribution in [-0.2, 0) is 17.8 Å². The van der Waals surface area contributed by atoms with Crippen LogP contribution >= 0.6 is 0 Å². The molecule has 148 valence electrons. The lowest BCUT2D eigenvalue weighted by atomic mass is 10.2. The maximum Gasteiger partial charge on any atom is 0.220 e. The summed E-state index contributed by atoms with van der Waals surface area (Å²) in [5.41, 5.74) is 1.67. The van der Waals surface area contributed by atoms with Crippen molar-refractivity contribution in [3.05, 3.63) is 47.8 Å². The fraction of sp³-hybridized carbons (Fsp3) is 0.400. The lowest BCUT2D eigenvalue weighted by molar-refractivity contribution is -0.121. The fourth-order valence-electron chi connectivity index (χ4n) is 2.99. The minimum absolute atomic E-state index is 0.0422. The van der Waals surface area contributed by atoms with Crippen molar-refractivity contribution in [1.29, 1.82) is 0 Å². The Morgan fingerprint density at radius 2 is 2.00 bits per heavy atom. The summed E-state index contributed by atoms with van der Waals surface area (Å²) in [6.45, 7) is 6.39. The molecule has 3 aromatic rings. The van der Waals surface area contributed by atoms with Crippen molar-refractivity contribution in [2.75, 3.05) is 25.1 Å². The van der Waals surface area contributed by atoms with Crippen molar-refractivity contribution in [3.8, 4) is 5.75 Å². The molecule has 8 nitrogen and oxygen atoms in total. The van der Waals surface area contributed by atoms with Crippen LogP contribution in [0.4, 0.5) is 5.82 Å². The van der Waals surface area contributed by atoms with Crippen LogP contribution in [0.15, 0.2) is 36.4 Å².